The molecule has 0 aromatic rings. The summed E-state index contributed by atoms with van der Waals surface area (Å²) in [5.74, 6) is 0. The van der Waals surface area contributed by atoms with Crippen molar-refractivity contribution in [2.24, 2.45) is 0 Å². The highest BCUT2D eigenvalue weighted by Gasteiger charge is 2.19. The van der Waals surface area contributed by atoms with E-state index in [4.69, 9.17) is 9.11 Å². The average Bonchev–Trinajstić information content (AvgIpc) is 1.64. The molecule has 0 aliphatic heterocycles. The van der Waals surface area contributed by atoms with Crippen LogP contribution in [0.15, 0.2) is 0 Å². The van der Waals surface area contributed by atoms with Gasteiger partial charge in [-0.1, -0.05) is 0 Å². The fraction of sp³-hybridized carbons (Fsp3) is 0.500. The van der Waals surface area contributed by atoms with Gasteiger partial charge in [0, 0.05) is 0 Å². The molecular weight excluding hydrogens is 168 g/mol. The summed E-state index contributed by atoms with van der Waals surface area (Å²) in [6.45, 7) is 0. The van der Waals surface area contributed by atoms with Crippen LogP contribution in [0.4, 0.5) is 0 Å². The molecule has 0 radical (unpaired) electrons. The molecular formula is C2H4O5S2. The van der Waals surface area contributed by atoms with Crippen molar-refractivity contribution in [3.8, 4) is 0 Å². The minimum atomic E-state index is -2.55. The van der Waals surface area contributed by atoms with Crippen molar-refractivity contribution in [3.05, 3.63) is 0 Å². The minimum absolute atomic E-state index is 0.0355. The van der Waals surface area contributed by atoms with Gasteiger partial charge in [-0.2, -0.15) is 0 Å². The molecule has 0 fully saturated rings. The van der Waals surface area contributed by atoms with Gasteiger partial charge >= 0.3 is 0 Å². The molecule has 0 heterocycles. The van der Waals surface area contributed by atoms with Gasteiger partial charge in [-0.05, 0) is 0 Å². The third-order valence-corrected chi connectivity index (χ3v) is 2.51. The molecule has 0 amide bonds. The highest BCUT2D eigenvalue weighted by atomic mass is 32.3. The summed E-state index contributed by atoms with van der Waals surface area (Å²) in [5, 5.41) is 0. The summed E-state index contributed by atoms with van der Waals surface area (Å²) in [6.07, 6.45) is -0.0355. The Morgan fingerprint density at radius 2 is 1.56 bits per heavy atom. The first-order valence-electron chi connectivity index (χ1n) is 1.74. The van der Waals surface area contributed by atoms with Gasteiger partial charge < -0.3 is 13.9 Å². The average molecular weight is 172 g/mol. The second kappa shape index (κ2) is 3.83. The van der Waals surface area contributed by atoms with E-state index in [-0.39, 0.29) is 6.29 Å². The van der Waals surface area contributed by atoms with Crippen LogP contribution in [0.25, 0.3) is 0 Å². The van der Waals surface area contributed by atoms with Crippen molar-refractivity contribution in [1.29, 1.82) is 0 Å². The molecule has 2 N–H and O–H groups in total. The van der Waals surface area contributed by atoms with Crippen molar-refractivity contribution >= 4 is 28.4 Å². The molecule has 2 unspecified atom stereocenters. The zero-order chi connectivity index (χ0) is 7.44. The monoisotopic (exact) mass is 172 g/mol. The summed E-state index contributed by atoms with van der Waals surface area (Å²) in [7, 11) is 0. The molecule has 0 saturated carbocycles. The molecule has 0 aliphatic rings. The van der Waals surface area contributed by atoms with Gasteiger partial charge in [0.05, 0.1) is 0 Å². The summed E-state index contributed by atoms with van der Waals surface area (Å²) < 4.78 is 34.2. The fourth-order valence-corrected chi connectivity index (χ4v) is 0.919. The predicted octanol–water partition coefficient (Wildman–Crippen LogP) is -1.05. The quantitative estimate of drug-likeness (QED) is 0.419. The van der Waals surface area contributed by atoms with E-state index in [1.54, 1.807) is 0 Å². The van der Waals surface area contributed by atoms with Crippen LogP contribution >= 0.6 is 0 Å². The first-order valence-corrected chi connectivity index (χ1v) is 4.08. The molecule has 0 rings (SSSR count). The van der Waals surface area contributed by atoms with Crippen LogP contribution in [0.2, 0.25) is 0 Å². The highest BCUT2D eigenvalue weighted by Crippen LogP contribution is 1.92. The van der Waals surface area contributed by atoms with Crippen LogP contribution < -0.4 is 0 Å². The van der Waals surface area contributed by atoms with E-state index in [9.17, 15) is 13.2 Å². The zero-order valence-corrected chi connectivity index (χ0v) is 5.72. The van der Waals surface area contributed by atoms with Crippen molar-refractivity contribution in [3.63, 3.8) is 0 Å². The first-order chi connectivity index (χ1) is 4.09. The van der Waals surface area contributed by atoms with Gasteiger partial charge in [0.25, 0.3) is 0 Å². The summed E-state index contributed by atoms with van der Waals surface area (Å²) in [6, 6.07) is 0. The van der Waals surface area contributed by atoms with Crippen LogP contribution in [0, 0.1) is 0 Å². The van der Waals surface area contributed by atoms with Crippen molar-refractivity contribution in [2.45, 2.75) is 4.58 Å². The van der Waals surface area contributed by atoms with Gasteiger partial charge in [0.1, 0.15) is 0 Å². The molecule has 54 valence electrons. The minimum Gasteiger partial charge on any atom is -0.305 e. The molecule has 2 atom stereocenters. The largest absolute Gasteiger partial charge is 0.305 e. The number of hydrogen-bond acceptors (Lipinski definition) is 3. The van der Waals surface area contributed by atoms with E-state index in [1.165, 1.54) is 0 Å². The smallest absolute Gasteiger partial charge is 0.216 e. The Morgan fingerprint density at radius 1 is 1.22 bits per heavy atom. The molecule has 0 spiro atoms. The summed E-state index contributed by atoms with van der Waals surface area (Å²) >= 11 is -5.10. The Balaban J connectivity index is 4.16. The van der Waals surface area contributed by atoms with Gasteiger partial charge in [-0.15, -0.1) is 0 Å². The maximum absolute atomic E-state index is 9.90. The molecule has 0 saturated heterocycles. The van der Waals surface area contributed by atoms with Crippen molar-refractivity contribution < 1.29 is 22.3 Å². The van der Waals surface area contributed by atoms with E-state index >= 15 is 0 Å². The number of hydrogen-bond donors (Lipinski definition) is 2. The molecule has 0 aromatic heterocycles. The van der Waals surface area contributed by atoms with E-state index in [0.29, 0.717) is 0 Å². The maximum atomic E-state index is 9.90. The van der Waals surface area contributed by atoms with E-state index in [2.05, 4.69) is 0 Å². The Kier molecular flexibility index (Phi) is 3.78. The van der Waals surface area contributed by atoms with Gasteiger partial charge in [0.2, 0.25) is 4.58 Å². The number of rotatable bonds is 3. The van der Waals surface area contributed by atoms with E-state index < -0.39 is 26.7 Å². The third-order valence-electron chi connectivity index (χ3n) is 0.509. The number of carbonyl (C=O) groups is 1. The first kappa shape index (κ1) is 8.89. The van der Waals surface area contributed by atoms with Crippen LogP contribution in [0.3, 0.4) is 0 Å². The molecule has 7 heteroatoms. The Bertz CT molecular complexity index is 139. The van der Waals surface area contributed by atoms with Crippen molar-refractivity contribution in [1.82, 2.24) is 0 Å². The topological polar surface area (TPSA) is 91.7 Å². The molecule has 5 nitrogen and oxygen atoms in total. The summed E-state index contributed by atoms with van der Waals surface area (Å²) in [4.78, 5) is 9.68. The second-order valence-electron chi connectivity index (χ2n) is 1.06. The Morgan fingerprint density at radius 3 is 1.56 bits per heavy atom. The van der Waals surface area contributed by atoms with Crippen LogP contribution in [-0.4, -0.2) is 28.4 Å². The maximum Gasteiger partial charge on any atom is 0.216 e. The van der Waals surface area contributed by atoms with Crippen molar-refractivity contribution in [2.75, 3.05) is 0 Å². The lowest BCUT2D eigenvalue weighted by atomic mass is 10.9. The molecule has 0 aliphatic carbocycles. The lowest BCUT2D eigenvalue weighted by molar-refractivity contribution is -0.106. The zero-order valence-electron chi connectivity index (χ0n) is 4.09. The van der Waals surface area contributed by atoms with E-state index in [0.717, 1.165) is 0 Å². The summed E-state index contributed by atoms with van der Waals surface area (Å²) in [5.41, 5.74) is 0. The van der Waals surface area contributed by atoms with Crippen LogP contribution in [0.1, 0.15) is 0 Å². The molecule has 0 bridgehead atoms. The Labute approximate surface area is 56.0 Å². The highest BCUT2D eigenvalue weighted by molar-refractivity contribution is 7.98. The number of carbonyl (C=O) groups excluding carboxylic acids is 1. The lowest BCUT2D eigenvalue weighted by Gasteiger charge is -1.95. The Hall–Kier alpha value is -0.110. The standard InChI is InChI=1S/C2H4O5S2/c3-1-2(8(4)5)9(6)7/h1-2H,(H,4,5)(H,6,7). The number of aldehydes is 1. The molecule has 0 aromatic carbocycles. The lowest BCUT2D eigenvalue weighted by Crippen LogP contribution is -2.21. The fourth-order valence-electron chi connectivity index (χ4n) is 0.165. The van der Waals surface area contributed by atoms with E-state index in [1.807, 2.05) is 0 Å². The predicted molar refractivity (Wildman–Crippen MR) is 31.4 cm³/mol. The normalized spacial score (nSPS) is 20.2. The SMILES string of the molecule is O=CC(S(=O)O)S(=O)O. The van der Waals surface area contributed by atoms with Gasteiger partial charge in [-0.3, -0.25) is 0 Å². The second-order valence-corrected chi connectivity index (χ2v) is 3.48. The van der Waals surface area contributed by atoms with Gasteiger partial charge in [-0.25, -0.2) is 8.42 Å². The van der Waals surface area contributed by atoms with Crippen LogP contribution in [-0.2, 0) is 27.0 Å². The van der Waals surface area contributed by atoms with Crippen LogP contribution in [0.5, 0.6) is 0 Å². The third kappa shape index (κ3) is 2.80. The molecule has 9 heavy (non-hydrogen) atoms. The van der Waals surface area contributed by atoms with Gasteiger partial charge in [0.15, 0.2) is 28.4 Å².